The molecule has 0 bridgehead atoms. The Morgan fingerprint density at radius 2 is 1.96 bits per heavy atom. The first-order chi connectivity index (χ1) is 13.3. The fourth-order valence-electron chi connectivity index (χ4n) is 2.43. The van der Waals surface area contributed by atoms with Crippen LogP contribution in [-0.2, 0) is 9.59 Å². The van der Waals surface area contributed by atoms with Gasteiger partial charge in [0.15, 0.2) is 0 Å². The van der Waals surface area contributed by atoms with Crippen molar-refractivity contribution in [3.05, 3.63) is 56.0 Å². The van der Waals surface area contributed by atoms with E-state index in [2.05, 4.69) is 0 Å². The van der Waals surface area contributed by atoms with Gasteiger partial charge in [-0.05, 0) is 42.7 Å². The number of allylic oxidation sites excluding steroid dienone is 2. The van der Waals surface area contributed by atoms with Crippen LogP contribution in [0.4, 0.5) is 5.69 Å². The van der Waals surface area contributed by atoms with Gasteiger partial charge in [-0.25, -0.2) is 0 Å². The Hall–Kier alpha value is -2.23. The summed E-state index contributed by atoms with van der Waals surface area (Å²) in [6.45, 7) is 0.436. The maximum atomic E-state index is 12.5. The lowest BCUT2D eigenvalue weighted by Gasteiger charge is -2.13. The van der Waals surface area contributed by atoms with E-state index in [1.54, 1.807) is 18.2 Å². The van der Waals surface area contributed by atoms with Gasteiger partial charge in [0.25, 0.3) is 11.6 Å². The summed E-state index contributed by atoms with van der Waals surface area (Å²) < 4.78 is 0.439. The van der Waals surface area contributed by atoms with E-state index in [1.165, 1.54) is 23.1 Å². The largest absolute Gasteiger partial charge is 0.481 e. The molecule has 2 rings (SSSR count). The summed E-state index contributed by atoms with van der Waals surface area (Å²) in [7, 11) is 0. The minimum Gasteiger partial charge on any atom is -0.481 e. The number of thioether (sulfide) groups is 1. The van der Waals surface area contributed by atoms with Crippen LogP contribution in [0, 0.1) is 10.1 Å². The van der Waals surface area contributed by atoms with Crippen LogP contribution in [-0.4, -0.2) is 37.7 Å². The number of hydrogen-bond donors (Lipinski definition) is 1. The van der Waals surface area contributed by atoms with Gasteiger partial charge in [0.05, 0.1) is 9.83 Å². The summed E-state index contributed by atoms with van der Waals surface area (Å²) in [5.74, 6) is -1.06. The standard InChI is InChI=1S/C18H17ClN2O5S2/c19-13(10-12-5-7-14(8-6-12)21(25)26)11-15-17(24)20(18(27)28-15)9-3-1-2-4-16(22)23/h5-8,10-11H,1-4,9H2,(H,22,23)/b13-10-,15-11-. The van der Waals surface area contributed by atoms with Crippen LogP contribution in [0.5, 0.6) is 0 Å². The second kappa shape index (κ2) is 10.4. The number of nitro groups is 1. The lowest BCUT2D eigenvalue weighted by atomic mass is 10.2. The van der Waals surface area contributed by atoms with Crippen molar-refractivity contribution >= 4 is 63.5 Å². The van der Waals surface area contributed by atoms with Gasteiger partial charge in [-0.2, -0.15) is 0 Å². The molecule has 1 aromatic carbocycles. The number of hydrogen-bond acceptors (Lipinski definition) is 6. The monoisotopic (exact) mass is 440 g/mol. The molecular formula is C18H17ClN2O5S2. The summed E-state index contributed by atoms with van der Waals surface area (Å²) >= 11 is 12.6. The lowest BCUT2D eigenvalue weighted by molar-refractivity contribution is -0.384. The number of thiocarbonyl (C=S) groups is 1. The van der Waals surface area contributed by atoms with Crippen molar-refractivity contribution in [1.82, 2.24) is 4.90 Å². The van der Waals surface area contributed by atoms with Crippen molar-refractivity contribution < 1.29 is 19.6 Å². The molecule has 28 heavy (non-hydrogen) atoms. The molecule has 1 fully saturated rings. The van der Waals surface area contributed by atoms with E-state index in [1.807, 2.05) is 0 Å². The lowest BCUT2D eigenvalue weighted by Crippen LogP contribution is -2.29. The number of rotatable bonds is 9. The number of halogens is 1. The van der Waals surface area contributed by atoms with Crippen molar-refractivity contribution in [3.8, 4) is 0 Å². The molecule has 1 saturated heterocycles. The maximum Gasteiger partial charge on any atom is 0.303 e. The minimum atomic E-state index is -0.831. The zero-order valence-electron chi connectivity index (χ0n) is 14.7. The molecule has 1 aliphatic rings. The number of carbonyl (C=O) groups is 2. The molecule has 1 N–H and O–H groups in total. The second-order valence-electron chi connectivity index (χ2n) is 5.92. The van der Waals surface area contributed by atoms with Gasteiger partial charge in [0.1, 0.15) is 4.32 Å². The number of aliphatic carboxylic acids is 1. The Morgan fingerprint density at radius 3 is 2.57 bits per heavy atom. The number of unbranched alkanes of at least 4 members (excludes halogenated alkanes) is 2. The molecule has 1 aliphatic heterocycles. The molecule has 1 aromatic rings. The van der Waals surface area contributed by atoms with Crippen molar-refractivity contribution in [2.75, 3.05) is 6.54 Å². The molecule has 0 aliphatic carbocycles. The summed E-state index contributed by atoms with van der Waals surface area (Å²) in [6.07, 6.45) is 5.16. The fourth-order valence-corrected chi connectivity index (χ4v) is 4.03. The van der Waals surface area contributed by atoms with Crippen molar-refractivity contribution in [1.29, 1.82) is 0 Å². The third-order valence-electron chi connectivity index (χ3n) is 3.82. The van der Waals surface area contributed by atoms with Crippen LogP contribution in [0.1, 0.15) is 31.2 Å². The maximum absolute atomic E-state index is 12.5. The molecule has 0 atom stereocenters. The molecule has 7 nitrogen and oxygen atoms in total. The smallest absolute Gasteiger partial charge is 0.303 e. The van der Waals surface area contributed by atoms with Gasteiger partial charge in [-0.1, -0.05) is 42.0 Å². The Bertz CT molecular complexity index is 852. The molecule has 0 aromatic heterocycles. The average Bonchev–Trinajstić information content (AvgIpc) is 2.88. The first kappa shape index (κ1) is 22.1. The van der Waals surface area contributed by atoms with E-state index < -0.39 is 10.9 Å². The molecule has 0 saturated carbocycles. The number of non-ortho nitro benzene ring substituents is 1. The van der Waals surface area contributed by atoms with E-state index in [0.29, 0.717) is 45.6 Å². The van der Waals surface area contributed by atoms with Gasteiger partial charge in [-0.3, -0.25) is 24.6 Å². The number of nitro benzene ring substituents is 1. The zero-order valence-corrected chi connectivity index (χ0v) is 17.1. The number of carboxylic acids is 1. The number of nitrogens with zero attached hydrogens (tertiary/aromatic N) is 2. The molecule has 0 radical (unpaired) electrons. The zero-order chi connectivity index (χ0) is 20.7. The van der Waals surface area contributed by atoms with Crippen LogP contribution in [0.2, 0.25) is 0 Å². The minimum absolute atomic E-state index is 0.0162. The fraction of sp³-hybridized carbons (Fsp3) is 0.278. The van der Waals surface area contributed by atoms with Crippen LogP contribution in [0.15, 0.2) is 40.3 Å². The van der Waals surface area contributed by atoms with Crippen LogP contribution in [0.3, 0.4) is 0 Å². The Morgan fingerprint density at radius 1 is 1.29 bits per heavy atom. The average molecular weight is 441 g/mol. The number of benzene rings is 1. The summed E-state index contributed by atoms with van der Waals surface area (Å²) in [5, 5.41) is 19.6. The normalized spacial score (nSPS) is 16.1. The summed E-state index contributed by atoms with van der Waals surface area (Å²) in [4.78, 5) is 35.1. The number of carboxylic acid groups (broad SMARTS) is 1. The van der Waals surface area contributed by atoms with E-state index in [4.69, 9.17) is 28.9 Å². The quantitative estimate of drug-likeness (QED) is 0.197. The number of amides is 1. The third kappa shape index (κ3) is 6.43. The molecule has 1 heterocycles. The van der Waals surface area contributed by atoms with Gasteiger partial charge < -0.3 is 5.11 Å². The molecule has 148 valence electrons. The van der Waals surface area contributed by atoms with Crippen LogP contribution < -0.4 is 0 Å². The first-order valence-corrected chi connectivity index (χ1v) is 9.97. The molecule has 1 amide bonds. The molecular weight excluding hydrogens is 424 g/mol. The van der Waals surface area contributed by atoms with Gasteiger partial charge in [-0.15, -0.1) is 0 Å². The highest BCUT2D eigenvalue weighted by molar-refractivity contribution is 8.26. The predicted octanol–water partition coefficient (Wildman–Crippen LogP) is 4.56. The highest BCUT2D eigenvalue weighted by Crippen LogP contribution is 2.33. The first-order valence-electron chi connectivity index (χ1n) is 8.37. The van der Waals surface area contributed by atoms with E-state index in [0.717, 1.165) is 11.8 Å². The molecule has 0 spiro atoms. The van der Waals surface area contributed by atoms with Crippen molar-refractivity contribution in [2.24, 2.45) is 0 Å². The summed E-state index contributed by atoms with van der Waals surface area (Å²) in [5.41, 5.74) is 0.651. The van der Waals surface area contributed by atoms with Gasteiger partial charge >= 0.3 is 5.97 Å². The summed E-state index contributed by atoms with van der Waals surface area (Å²) in [6, 6.07) is 5.88. The van der Waals surface area contributed by atoms with Crippen LogP contribution in [0.25, 0.3) is 6.08 Å². The highest BCUT2D eigenvalue weighted by Gasteiger charge is 2.31. The second-order valence-corrected chi connectivity index (χ2v) is 8.03. The Balaban J connectivity index is 1.97. The highest BCUT2D eigenvalue weighted by atomic mass is 35.5. The predicted molar refractivity (Wildman–Crippen MR) is 113 cm³/mol. The van der Waals surface area contributed by atoms with E-state index in [-0.39, 0.29) is 18.0 Å². The van der Waals surface area contributed by atoms with Gasteiger partial charge in [0, 0.05) is 30.1 Å². The van der Waals surface area contributed by atoms with Crippen LogP contribution >= 0.6 is 35.6 Å². The van der Waals surface area contributed by atoms with Crippen molar-refractivity contribution in [3.63, 3.8) is 0 Å². The third-order valence-corrected chi connectivity index (χ3v) is 5.42. The number of carbonyl (C=O) groups excluding carboxylic acids is 1. The van der Waals surface area contributed by atoms with Gasteiger partial charge in [0.2, 0.25) is 0 Å². The van der Waals surface area contributed by atoms with E-state index in [9.17, 15) is 19.7 Å². The topological polar surface area (TPSA) is 101 Å². The molecule has 0 unspecified atom stereocenters. The van der Waals surface area contributed by atoms with E-state index >= 15 is 0 Å². The molecule has 10 heteroatoms. The van der Waals surface area contributed by atoms with Crippen molar-refractivity contribution in [2.45, 2.75) is 25.7 Å². The Kier molecular flexibility index (Phi) is 8.16. The SMILES string of the molecule is O=C(O)CCCCCN1C(=O)/C(=C/C(Cl)=C/c2ccc([N+](=O)[O-])cc2)SC1=S. The Labute approximate surface area is 176 Å².